The molecule has 1 saturated heterocycles. The minimum atomic E-state index is -1.29. The van der Waals surface area contributed by atoms with Crippen LogP contribution < -0.4 is 0 Å². The average Bonchev–Trinajstić information content (AvgIpc) is 3.14. The molecule has 30 heavy (non-hydrogen) atoms. The first-order valence-electron chi connectivity index (χ1n) is 9.92. The molecule has 156 valence electrons. The Morgan fingerprint density at radius 3 is 2.30 bits per heavy atom. The molecule has 2 aliphatic rings. The maximum absolute atomic E-state index is 13.8. The second-order valence-corrected chi connectivity index (χ2v) is 10.9. The number of hydrogen-bond donors (Lipinski definition) is 0. The highest BCUT2D eigenvalue weighted by molar-refractivity contribution is 9.10. The number of Topliss-reactive ketones (excluding diaryl/α,β-unsaturated/α-hetero) is 2. The van der Waals surface area contributed by atoms with E-state index in [0.717, 1.165) is 10.0 Å². The smallest absolute Gasteiger partial charge is 0.306 e. The van der Waals surface area contributed by atoms with Gasteiger partial charge in [-0.05, 0) is 44.2 Å². The lowest BCUT2D eigenvalue weighted by Gasteiger charge is -2.33. The summed E-state index contributed by atoms with van der Waals surface area (Å²) in [5.74, 6) is -0.604. The van der Waals surface area contributed by atoms with Crippen LogP contribution in [0.5, 0.6) is 0 Å². The molecule has 1 aliphatic heterocycles. The fourth-order valence-electron chi connectivity index (χ4n) is 4.56. The van der Waals surface area contributed by atoms with E-state index in [1.165, 1.54) is 0 Å². The number of ketones is 2. The van der Waals surface area contributed by atoms with Gasteiger partial charge in [-0.2, -0.15) is 11.8 Å². The number of carbonyl (C=O) groups excluding carboxylic acids is 3. The lowest BCUT2D eigenvalue weighted by Crippen LogP contribution is -2.43. The van der Waals surface area contributed by atoms with E-state index in [1.807, 2.05) is 45.0 Å². The highest BCUT2D eigenvalue weighted by Gasteiger charge is 2.65. The summed E-state index contributed by atoms with van der Waals surface area (Å²) in [6, 6.07) is 14.7. The molecule has 2 aromatic rings. The lowest BCUT2D eigenvalue weighted by molar-refractivity contribution is -0.156. The van der Waals surface area contributed by atoms with Gasteiger partial charge in [-0.3, -0.25) is 14.4 Å². The number of esters is 1. The van der Waals surface area contributed by atoms with Crippen molar-refractivity contribution in [3.05, 3.63) is 69.7 Å². The van der Waals surface area contributed by atoms with Crippen molar-refractivity contribution < 1.29 is 19.1 Å². The molecule has 2 aromatic carbocycles. The standard InChI is InChI=1S/C24H23BrO4S/c1-23(2,3)29-19(26)12-15-13-30-22(14-7-6-8-16(25)11-14)24(15)20(27)17-9-4-5-10-18(17)21(24)28/h4-11,15,22H,12-13H2,1-3H3/t15-,22+/m1/s1. The Bertz CT molecular complexity index is 1000. The van der Waals surface area contributed by atoms with Crippen LogP contribution in [0.4, 0.5) is 0 Å². The second kappa shape index (κ2) is 7.65. The van der Waals surface area contributed by atoms with Gasteiger partial charge < -0.3 is 4.74 Å². The maximum atomic E-state index is 13.8. The molecule has 4 rings (SSSR count). The van der Waals surface area contributed by atoms with Crippen LogP contribution >= 0.6 is 27.7 Å². The zero-order valence-electron chi connectivity index (χ0n) is 17.1. The van der Waals surface area contributed by atoms with E-state index < -0.39 is 16.9 Å². The van der Waals surface area contributed by atoms with Gasteiger partial charge in [0.05, 0.1) is 11.7 Å². The van der Waals surface area contributed by atoms with E-state index >= 15 is 0 Å². The molecule has 0 radical (unpaired) electrons. The molecule has 0 saturated carbocycles. The van der Waals surface area contributed by atoms with Crippen molar-refractivity contribution in [2.75, 3.05) is 5.75 Å². The summed E-state index contributed by atoms with van der Waals surface area (Å²) in [7, 11) is 0. The number of ether oxygens (including phenoxy) is 1. The predicted molar refractivity (Wildman–Crippen MR) is 121 cm³/mol. The third kappa shape index (κ3) is 3.44. The monoisotopic (exact) mass is 486 g/mol. The Morgan fingerprint density at radius 1 is 1.10 bits per heavy atom. The molecule has 4 nitrogen and oxygen atoms in total. The second-order valence-electron chi connectivity index (χ2n) is 8.83. The van der Waals surface area contributed by atoms with Crippen LogP contribution in [0.3, 0.4) is 0 Å². The van der Waals surface area contributed by atoms with Gasteiger partial charge in [0.25, 0.3) is 0 Å². The van der Waals surface area contributed by atoms with Crippen molar-refractivity contribution in [1.29, 1.82) is 0 Å². The first kappa shape index (κ1) is 21.3. The van der Waals surface area contributed by atoms with E-state index in [1.54, 1.807) is 36.0 Å². The van der Waals surface area contributed by atoms with Gasteiger partial charge in [-0.25, -0.2) is 0 Å². The van der Waals surface area contributed by atoms with Gasteiger partial charge in [-0.1, -0.05) is 52.3 Å². The van der Waals surface area contributed by atoms with Gasteiger partial charge in [0.15, 0.2) is 11.6 Å². The molecule has 1 heterocycles. The summed E-state index contributed by atoms with van der Waals surface area (Å²) in [6.07, 6.45) is 0.0419. The molecule has 0 bridgehead atoms. The first-order valence-corrected chi connectivity index (χ1v) is 11.8. The number of rotatable bonds is 3. The summed E-state index contributed by atoms with van der Waals surface area (Å²) in [5, 5.41) is -0.352. The first-order chi connectivity index (χ1) is 14.1. The minimum absolute atomic E-state index is 0.0419. The van der Waals surface area contributed by atoms with Gasteiger partial charge in [0.1, 0.15) is 11.0 Å². The molecular weight excluding hydrogens is 464 g/mol. The fraction of sp³-hybridized carbons (Fsp3) is 0.375. The highest BCUT2D eigenvalue weighted by atomic mass is 79.9. The molecule has 1 fully saturated rings. The molecule has 0 amide bonds. The van der Waals surface area contributed by atoms with Gasteiger partial charge in [-0.15, -0.1) is 0 Å². The molecular formula is C24H23BrO4S. The van der Waals surface area contributed by atoms with Crippen molar-refractivity contribution in [2.45, 2.75) is 38.0 Å². The van der Waals surface area contributed by atoms with Gasteiger partial charge in [0.2, 0.25) is 0 Å². The summed E-state index contributed by atoms with van der Waals surface area (Å²) in [6.45, 7) is 5.45. The molecule has 0 aromatic heterocycles. The van der Waals surface area contributed by atoms with Crippen LogP contribution in [0.2, 0.25) is 0 Å². The van der Waals surface area contributed by atoms with Crippen molar-refractivity contribution in [3.8, 4) is 0 Å². The third-order valence-corrected chi connectivity index (χ3v) is 7.74. The van der Waals surface area contributed by atoms with E-state index in [-0.39, 0.29) is 29.2 Å². The molecule has 1 aliphatic carbocycles. The fourth-order valence-corrected chi connectivity index (χ4v) is 6.79. The van der Waals surface area contributed by atoms with Crippen molar-refractivity contribution in [1.82, 2.24) is 0 Å². The summed E-state index contributed by atoms with van der Waals surface area (Å²) in [5.41, 5.74) is -0.0766. The average molecular weight is 487 g/mol. The lowest BCUT2D eigenvalue weighted by atomic mass is 9.67. The Morgan fingerprint density at radius 2 is 1.73 bits per heavy atom. The Labute approximate surface area is 188 Å². The Kier molecular flexibility index (Phi) is 5.43. The highest BCUT2D eigenvalue weighted by Crippen LogP contribution is 2.62. The minimum Gasteiger partial charge on any atom is -0.460 e. The Hall–Kier alpha value is -1.92. The van der Waals surface area contributed by atoms with Gasteiger partial charge >= 0.3 is 5.97 Å². The number of fused-ring (bicyclic) bond motifs is 1. The number of hydrogen-bond acceptors (Lipinski definition) is 5. The molecule has 2 atom stereocenters. The van der Waals surface area contributed by atoms with Crippen LogP contribution in [-0.2, 0) is 9.53 Å². The number of thioether (sulfide) groups is 1. The van der Waals surface area contributed by atoms with E-state index in [4.69, 9.17) is 4.74 Å². The molecule has 0 unspecified atom stereocenters. The number of benzene rings is 2. The summed E-state index contributed by atoms with van der Waals surface area (Å²) in [4.78, 5) is 40.2. The van der Waals surface area contributed by atoms with Crippen LogP contribution in [0.15, 0.2) is 53.0 Å². The van der Waals surface area contributed by atoms with Crippen LogP contribution in [0.1, 0.15) is 58.7 Å². The summed E-state index contributed by atoms with van der Waals surface area (Å²) < 4.78 is 6.42. The zero-order valence-corrected chi connectivity index (χ0v) is 19.5. The van der Waals surface area contributed by atoms with Crippen molar-refractivity contribution >= 4 is 45.2 Å². The molecule has 0 N–H and O–H groups in total. The molecule has 1 spiro atoms. The quantitative estimate of drug-likeness (QED) is 0.414. The van der Waals surface area contributed by atoms with E-state index in [0.29, 0.717) is 16.9 Å². The van der Waals surface area contributed by atoms with E-state index in [2.05, 4.69) is 15.9 Å². The SMILES string of the molecule is CC(C)(C)OC(=O)C[C@@H]1CS[C@@H](c2cccc(Br)c2)C12C(=O)c1ccccc1C2=O. The predicted octanol–water partition coefficient (Wildman–Crippen LogP) is 5.65. The number of carbonyl (C=O) groups is 3. The van der Waals surface area contributed by atoms with Crippen LogP contribution in [0, 0.1) is 11.3 Å². The van der Waals surface area contributed by atoms with Crippen molar-refractivity contribution in [3.63, 3.8) is 0 Å². The third-order valence-electron chi connectivity index (χ3n) is 5.67. The van der Waals surface area contributed by atoms with Crippen molar-refractivity contribution in [2.24, 2.45) is 11.3 Å². The normalized spacial score (nSPS) is 22.4. The topological polar surface area (TPSA) is 60.4 Å². The van der Waals surface area contributed by atoms with Crippen LogP contribution in [0.25, 0.3) is 0 Å². The zero-order chi connectivity index (χ0) is 21.7. The van der Waals surface area contributed by atoms with Gasteiger partial charge in [0, 0.05) is 21.5 Å². The largest absolute Gasteiger partial charge is 0.460 e. The summed E-state index contributed by atoms with van der Waals surface area (Å²) >= 11 is 5.08. The number of halogens is 1. The maximum Gasteiger partial charge on any atom is 0.306 e. The van der Waals surface area contributed by atoms with E-state index in [9.17, 15) is 14.4 Å². The van der Waals surface area contributed by atoms with Crippen LogP contribution in [-0.4, -0.2) is 28.9 Å². The molecule has 6 heteroatoms. The Balaban J connectivity index is 1.80.